The highest BCUT2D eigenvalue weighted by Crippen LogP contribution is 2.15. The van der Waals surface area contributed by atoms with Gasteiger partial charge in [0.1, 0.15) is 25.0 Å². The van der Waals surface area contributed by atoms with Crippen molar-refractivity contribution >= 4 is 11.6 Å². The van der Waals surface area contributed by atoms with Crippen LogP contribution >= 0.6 is 11.6 Å². The van der Waals surface area contributed by atoms with Gasteiger partial charge in [-0.2, -0.15) is 0 Å². The molecule has 0 aromatic heterocycles. The molecule has 1 heterocycles. The lowest BCUT2D eigenvalue weighted by molar-refractivity contribution is -0.911. The van der Waals surface area contributed by atoms with Crippen molar-refractivity contribution in [1.29, 1.82) is 0 Å². The molecular formula is C15H23ClNO2+. The second-order valence-electron chi connectivity index (χ2n) is 5.57. The summed E-state index contributed by atoms with van der Waals surface area (Å²) in [7, 11) is 0. The first-order chi connectivity index (χ1) is 9.13. The molecule has 0 amide bonds. The molecule has 1 aromatic rings. The number of rotatable bonds is 5. The number of aliphatic hydroxyl groups excluding tert-OH is 1. The average Bonchev–Trinajstić information content (AvgIpc) is 2.38. The number of aliphatic hydroxyl groups is 1. The van der Waals surface area contributed by atoms with Crippen molar-refractivity contribution in [3.63, 3.8) is 0 Å². The molecular weight excluding hydrogens is 262 g/mol. The molecule has 0 aliphatic carbocycles. The highest BCUT2D eigenvalue weighted by atomic mass is 35.5. The Kier molecular flexibility index (Phi) is 5.49. The van der Waals surface area contributed by atoms with Crippen LogP contribution < -0.4 is 9.64 Å². The van der Waals surface area contributed by atoms with E-state index < -0.39 is 6.10 Å². The third-order valence-corrected chi connectivity index (χ3v) is 3.90. The summed E-state index contributed by atoms with van der Waals surface area (Å²) in [4.78, 5) is 1.49. The van der Waals surface area contributed by atoms with Crippen molar-refractivity contribution in [1.82, 2.24) is 0 Å². The molecule has 1 saturated heterocycles. The Morgan fingerprint density at radius 2 is 2.16 bits per heavy atom. The molecule has 0 saturated carbocycles. The minimum absolute atomic E-state index is 0.347. The first-order valence-corrected chi connectivity index (χ1v) is 7.41. The van der Waals surface area contributed by atoms with Gasteiger partial charge in [-0.1, -0.05) is 18.5 Å². The van der Waals surface area contributed by atoms with Gasteiger partial charge in [-0.05, 0) is 37.1 Å². The molecule has 1 unspecified atom stereocenters. The number of nitrogens with one attached hydrogen (secondary N) is 1. The smallest absolute Gasteiger partial charge is 0.137 e. The van der Waals surface area contributed by atoms with Crippen LogP contribution in [-0.2, 0) is 0 Å². The Morgan fingerprint density at radius 3 is 2.84 bits per heavy atom. The highest BCUT2D eigenvalue weighted by Gasteiger charge is 2.22. The number of benzene rings is 1. The van der Waals surface area contributed by atoms with Crippen molar-refractivity contribution in [3.05, 3.63) is 29.3 Å². The Balaban J connectivity index is 1.72. The third kappa shape index (κ3) is 5.01. The number of hydrogen-bond acceptors (Lipinski definition) is 2. The summed E-state index contributed by atoms with van der Waals surface area (Å²) in [5.41, 5.74) is 0. The number of piperidine rings is 1. The van der Waals surface area contributed by atoms with E-state index in [4.69, 9.17) is 16.3 Å². The fourth-order valence-corrected chi connectivity index (χ4v) is 2.82. The molecule has 2 N–H and O–H groups in total. The molecule has 3 nitrogen and oxygen atoms in total. The number of hydrogen-bond donors (Lipinski definition) is 2. The number of ether oxygens (including phenoxy) is 1. The maximum Gasteiger partial charge on any atom is 0.137 e. The predicted molar refractivity (Wildman–Crippen MR) is 76.9 cm³/mol. The van der Waals surface area contributed by atoms with Gasteiger partial charge in [0.05, 0.1) is 13.1 Å². The Bertz CT molecular complexity index is 382. The SMILES string of the molecule is C[C@H]1CCC[NH+](C[C@H](O)COc2ccc(Cl)cc2)C1. The first-order valence-electron chi connectivity index (χ1n) is 7.03. The van der Waals surface area contributed by atoms with Crippen LogP contribution in [0.3, 0.4) is 0 Å². The van der Waals surface area contributed by atoms with E-state index in [0.717, 1.165) is 24.8 Å². The zero-order chi connectivity index (χ0) is 13.7. The van der Waals surface area contributed by atoms with Gasteiger partial charge in [-0.15, -0.1) is 0 Å². The lowest BCUT2D eigenvalue weighted by Gasteiger charge is -2.29. The van der Waals surface area contributed by atoms with Gasteiger partial charge in [0, 0.05) is 10.9 Å². The van der Waals surface area contributed by atoms with E-state index in [9.17, 15) is 5.11 Å². The van der Waals surface area contributed by atoms with Gasteiger partial charge in [-0.3, -0.25) is 0 Å². The Hall–Kier alpha value is -0.770. The summed E-state index contributed by atoms with van der Waals surface area (Å²) < 4.78 is 5.57. The van der Waals surface area contributed by atoms with Crippen LogP contribution in [0.25, 0.3) is 0 Å². The minimum Gasteiger partial charge on any atom is -0.491 e. The summed E-state index contributed by atoms with van der Waals surface area (Å²) in [5.74, 6) is 1.53. The largest absolute Gasteiger partial charge is 0.491 e. The first kappa shape index (κ1) is 14.6. The van der Waals surface area contributed by atoms with Crippen LogP contribution in [-0.4, -0.2) is 37.5 Å². The van der Waals surface area contributed by atoms with Crippen molar-refractivity contribution in [3.8, 4) is 5.75 Å². The number of likely N-dealkylation sites (tertiary alicyclic amines) is 1. The Morgan fingerprint density at radius 1 is 1.42 bits per heavy atom. The van der Waals surface area contributed by atoms with Crippen LogP contribution in [0.5, 0.6) is 5.75 Å². The van der Waals surface area contributed by atoms with Gasteiger partial charge in [0.25, 0.3) is 0 Å². The van der Waals surface area contributed by atoms with Crippen molar-refractivity contribution in [2.45, 2.75) is 25.9 Å². The van der Waals surface area contributed by atoms with Gasteiger partial charge >= 0.3 is 0 Å². The molecule has 3 atom stereocenters. The van der Waals surface area contributed by atoms with Crippen molar-refractivity contribution in [2.24, 2.45) is 5.92 Å². The lowest BCUT2D eigenvalue weighted by atomic mass is 10.0. The molecule has 1 aromatic carbocycles. The Labute approximate surface area is 120 Å². The number of quaternary nitrogens is 1. The standard InChI is InChI=1S/C15H22ClNO2/c1-12-3-2-8-17(9-12)10-14(18)11-19-15-6-4-13(16)5-7-15/h4-7,12,14,18H,2-3,8-11H2,1H3/p+1/t12-,14-/m0/s1. The molecule has 1 aliphatic rings. The average molecular weight is 285 g/mol. The summed E-state index contributed by atoms with van der Waals surface area (Å²) in [5, 5.41) is 10.7. The molecule has 4 heteroatoms. The van der Waals surface area contributed by atoms with Crippen LogP contribution in [0.15, 0.2) is 24.3 Å². The van der Waals surface area contributed by atoms with E-state index in [2.05, 4.69) is 6.92 Å². The van der Waals surface area contributed by atoms with Crippen molar-refractivity contribution < 1.29 is 14.7 Å². The quantitative estimate of drug-likeness (QED) is 0.857. The predicted octanol–water partition coefficient (Wildman–Crippen LogP) is 1.39. The van der Waals surface area contributed by atoms with Crippen LogP contribution in [0.1, 0.15) is 19.8 Å². The summed E-state index contributed by atoms with van der Waals surface area (Å²) in [6, 6.07) is 7.23. The minimum atomic E-state index is -0.407. The number of halogens is 1. The van der Waals surface area contributed by atoms with E-state index in [1.165, 1.54) is 24.3 Å². The monoisotopic (exact) mass is 284 g/mol. The van der Waals surface area contributed by atoms with Gasteiger partial charge in [0.15, 0.2) is 0 Å². The summed E-state index contributed by atoms with van der Waals surface area (Å²) in [6.45, 7) is 5.74. The second kappa shape index (κ2) is 7.13. The molecule has 2 rings (SSSR count). The van der Waals surface area contributed by atoms with Gasteiger partial charge in [0.2, 0.25) is 0 Å². The molecule has 1 fully saturated rings. The molecule has 1 aliphatic heterocycles. The van der Waals surface area contributed by atoms with E-state index in [0.29, 0.717) is 11.6 Å². The summed E-state index contributed by atoms with van der Waals surface area (Å²) >= 11 is 5.81. The zero-order valence-electron chi connectivity index (χ0n) is 11.4. The van der Waals surface area contributed by atoms with Crippen molar-refractivity contribution in [2.75, 3.05) is 26.2 Å². The second-order valence-corrected chi connectivity index (χ2v) is 6.01. The maximum atomic E-state index is 10.0. The fourth-order valence-electron chi connectivity index (χ4n) is 2.70. The third-order valence-electron chi connectivity index (χ3n) is 3.64. The molecule has 0 radical (unpaired) electrons. The maximum absolute atomic E-state index is 10.0. The summed E-state index contributed by atoms with van der Waals surface area (Å²) in [6.07, 6.45) is 2.18. The zero-order valence-corrected chi connectivity index (χ0v) is 12.2. The van der Waals surface area contributed by atoms with E-state index in [1.807, 2.05) is 12.1 Å². The topological polar surface area (TPSA) is 33.9 Å². The normalized spacial score (nSPS) is 25.0. The lowest BCUT2D eigenvalue weighted by Crippen LogP contribution is -3.14. The molecule has 0 spiro atoms. The van der Waals surface area contributed by atoms with Crippen LogP contribution in [0.2, 0.25) is 5.02 Å². The van der Waals surface area contributed by atoms with Crippen LogP contribution in [0, 0.1) is 5.92 Å². The molecule has 0 bridgehead atoms. The van der Waals surface area contributed by atoms with E-state index in [1.54, 1.807) is 12.1 Å². The molecule has 106 valence electrons. The van der Waals surface area contributed by atoms with Crippen LogP contribution in [0.4, 0.5) is 0 Å². The molecule has 19 heavy (non-hydrogen) atoms. The van der Waals surface area contributed by atoms with E-state index in [-0.39, 0.29) is 0 Å². The van der Waals surface area contributed by atoms with Gasteiger partial charge < -0.3 is 14.7 Å². The highest BCUT2D eigenvalue weighted by molar-refractivity contribution is 6.30. The van der Waals surface area contributed by atoms with Gasteiger partial charge in [-0.25, -0.2) is 0 Å². The van der Waals surface area contributed by atoms with E-state index >= 15 is 0 Å². The fraction of sp³-hybridized carbons (Fsp3) is 0.600.